The lowest BCUT2D eigenvalue weighted by Gasteiger charge is -2.32. The number of allylic oxidation sites excluding steroid dienone is 1. The van der Waals surface area contributed by atoms with Gasteiger partial charge in [-0.2, -0.15) is 4.68 Å². The number of carbonyl (C=O) groups excluding carboxylic acids is 1. The van der Waals surface area contributed by atoms with Gasteiger partial charge in [0.15, 0.2) is 0 Å². The normalized spacial score (nSPS) is 14.9. The molecule has 0 radical (unpaired) electrons. The van der Waals surface area contributed by atoms with E-state index in [1.54, 1.807) is 4.68 Å². The van der Waals surface area contributed by atoms with Gasteiger partial charge < -0.3 is 5.32 Å². The third-order valence-corrected chi connectivity index (χ3v) is 6.16. The topological polar surface area (TPSA) is 75.9 Å². The Balaban J connectivity index is 1.47. The van der Waals surface area contributed by atoms with Crippen LogP contribution in [-0.2, 0) is 11.3 Å². The maximum atomic E-state index is 13.0. The van der Waals surface area contributed by atoms with Gasteiger partial charge in [-0.1, -0.05) is 83.4 Å². The zero-order valence-corrected chi connectivity index (χ0v) is 19.4. The fourth-order valence-electron chi connectivity index (χ4n) is 4.08. The molecule has 2 heterocycles. The number of fused-ring (bicyclic) bond motifs is 1. The fourth-order valence-corrected chi connectivity index (χ4v) is 4.21. The first-order valence-corrected chi connectivity index (χ1v) is 11.4. The minimum absolute atomic E-state index is 0.0837. The minimum Gasteiger partial charge on any atom is -0.350 e. The molecule has 34 heavy (non-hydrogen) atoms. The van der Waals surface area contributed by atoms with Crippen molar-refractivity contribution in [1.29, 1.82) is 0 Å². The van der Waals surface area contributed by atoms with Crippen molar-refractivity contribution in [2.45, 2.75) is 19.5 Å². The minimum atomic E-state index is -0.233. The molecular weight excluding hydrogens is 448 g/mol. The van der Waals surface area contributed by atoms with Crippen LogP contribution < -0.4 is 10.2 Å². The van der Waals surface area contributed by atoms with Gasteiger partial charge in [0.25, 0.3) is 5.95 Å². The van der Waals surface area contributed by atoms with Crippen LogP contribution >= 0.6 is 11.6 Å². The zero-order chi connectivity index (χ0) is 23.5. The number of nitrogens with one attached hydrogen (secondary N) is 1. The molecule has 3 aromatic carbocycles. The Hall–Kier alpha value is -3.97. The SMILES string of the molecule is Cc1ccccc1CNC(=O)CN1C(c2ccccc2)=CC(c2ccc(Cl)cc2)n2nnnc21. The lowest BCUT2D eigenvalue weighted by molar-refractivity contribution is -0.119. The number of carbonyl (C=O) groups is 1. The van der Waals surface area contributed by atoms with E-state index in [9.17, 15) is 4.79 Å². The number of nitrogens with zero attached hydrogens (tertiary/aromatic N) is 5. The molecule has 1 atom stereocenters. The summed E-state index contributed by atoms with van der Waals surface area (Å²) in [5.41, 5.74) is 5.06. The molecule has 0 spiro atoms. The number of rotatable bonds is 6. The van der Waals surface area contributed by atoms with E-state index in [0.717, 1.165) is 28.0 Å². The molecule has 170 valence electrons. The van der Waals surface area contributed by atoms with E-state index in [-0.39, 0.29) is 18.5 Å². The van der Waals surface area contributed by atoms with Crippen molar-refractivity contribution in [1.82, 2.24) is 25.5 Å². The van der Waals surface area contributed by atoms with Crippen LogP contribution in [0.15, 0.2) is 84.9 Å². The number of anilines is 1. The number of aromatic nitrogens is 4. The number of tetrazole rings is 1. The molecule has 1 unspecified atom stereocenters. The van der Waals surface area contributed by atoms with Crippen LogP contribution in [-0.4, -0.2) is 32.7 Å². The molecule has 0 bridgehead atoms. The van der Waals surface area contributed by atoms with E-state index in [0.29, 0.717) is 17.5 Å². The summed E-state index contributed by atoms with van der Waals surface area (Å²) in [6, 6.07) is 25.3. The zero-order valence-electron chi connectivity index (χ0n) is 18.6. The Morgan fingerprint density at radius 3 is 2.50 bits per heavy atom. The van der Waals surface area contributed by atoms with Gasteiger partial charge in [0.05, 0.1) is 5.70 Å². The van der Waals surface area contributed by atoms with Crippen LogP contribution in [0.5, 0.6) is 0 Å². The second kappa shape index (κ2) is 9.49. The molecule has 1 aliphatic heterocycles. The first-order chi connectivity index (χ1) is 16.6. The number of hydrogen-bond acceptors (Lipinski definition) is 5. The summed E-state index contributed by atoms with van der Waals surface area (Å²) in [5.74, 6) is 0.386. The Bertz CT molecular complexity index is 1330. The van der Waals surface area contributed by atoms with Gasteiger partial charge in [0, 0.05) is 11.6 Å². The third kappa shape index (κ3) is 4.43. The van der Waals surface area contributed by atoms with E-state index in [2.05, 4.69) is 26.9 Å². The Morgan fingerprint density at radius 1 is 1.00 bits per heavy atom. The number of hydrogen-bond donors (Lipinski definition) is 1. The molecule has 0 saturated heterocycles. The number of aryl methyl sites for hydroxylation is 1. The molecule has 4 aromatic rings. The summed E-state index contributed by atoms with van der Waals surface area (Å²) in [6.45, 7) is 2.58. The van der Waals surface area contributed by atoms with Crippen molar-refractivity contribution in [3.8, 4) is 0 Å². The molecule has 7 nitrogen and oxygen atoms in total. The molecule has 0 fully saturated rings. The molecule has 5 rings (SSSR count). The summed E-state index contributed by atoms with van der Waals surface area (Å²) in [7, 11) is 0. The molecule has 8 heteroatoms. The highest BCUT2D eigenvalue weighted by Crippen LogP contribution is 2.36. The smallest absolute Gasteiger partial charge is 0.251 e. The van der Waals surface area contributed by atoms with Gasteiger partial charge in [0.2, 0.25) is 5.91 Å². The maximum absolute atomic E-state index is 13.0. The van der Waals surface area contributed by atoms with Crippen LogP contribution in [0.2, 0.25) is 5.02 Å². The highest BCUT2D eigenvalue weighted by molar-refractivity contribution is 6.30. The largest absolute Gasteiger partial charge is 0.350 e. The van der Waals surface area contributed by atoms with E-state index in [1.807, 2.05) is 90.7 Å². The average Bonchev–Trinajstić information content (AvgIpc) is 3.35. The summed E-state index contributed by atoms with van der Waals surface area (Å²) >= 11 is 6.10. The van der Waals surface area contributed by atoms with Gasteiger partial charge in [-0.3, -0.25) is 9.69 Å². The number of halogens is 1. The fraction of sp³-hybridized carbons (Fsp3) is 0.154. The highest BCUT2D eigenvalue weighted by atomic mass is 35.5. The lowest BCUT2D eigenvalue weighted by atomic mass is 10.0. The van der Waals surface area contributed by atoms with Crippen molar-refractivity contribution < 1.29 is 4.79 Å². The molecule has 0 aliphatic carbocycles. The van der Waals surface area contributed by atoms with E-state index < -0.39 is 0 Å². The van der Waals surface area contributed by atoms with Crippen molar-refractivity contribution in [3.63, 3.8) is 0 Å². The van der Waals surface area contributed by atoms with Gasteiger partial charge in [-0.15, -0.1) is 0 Å². The standard InChI is InChI=1S/C26H23ClN6O/c1-18-7-5-6-10-21(18)16-28-25(34)17-32-23(19-8-3-2-4-9-19)15-24(33-26(32)29-30-31-33)20-11-13-22(27)14-12-20/h2-15,24H,16-17H2,1H3,(H,28,34). The molecule has 1 aliphatic rings. The second-order valence-corrected chi connectivity index (χ2v) is 8.56. The molecule has 1 aromatic heterocycles. The summed E-state index contributed by atoms with van der Waals surface area (Å²) in [4.78, 5) is 14.9. The first kappa shape index (κ1) is 21.9. The Labute approximate surface area is 202 Å². The molecular formula is C26H23ClN6O. The van der Waals surface area contributed by atoms with Gasteiger partial charge in [-0.25, -0.2) is 0 Å². The summed E-state index contributed by atoms with van der Waals surface area (Å²) in [5, 5.41) is 16.1. The van der Waals surface area contributed by atoms with Crippen LogP contribution in [0.1, 0.15) is 28.3 Å². The number of amides is 1. The van der Waals surface area contributed by atoms with Crippen molar-refractivity contribution in [2.24, 2.45) is 0 Å². The van der Waals surface area contributed by atoms with E-state index in [1.165, 1.54) is 0 Å². The highest BCUT2D eigenvalue weighted by Gasteiger charge is 2.31. The quantitative estimate of drug-likeness (QED) is 0.452. The van der Waals surface area contributed by atoms with Crippen LogP contribution in [0.4, 0.5) is 5.95 Å². The lowest BCUT2D eigenvalue weighted by Crippen LogP contribution is -2.40. The monoisotopic (exact) mass is 470 g/mol. The third-order valence-electron chi connectivity index (χ3n) is 5.91. The first-order valence-electron chi connectivity index (χ1n) is 11.0. The van der Waals surface area contributed by atoms with Gasteiger partial charge in [0.1, 0.15) is 12.6 Å². The van der Waals surface area contributed by atoms with Crippen LogP contribution in [0, 0.1) is 6.92 Å². The van der Waals surface area contributed by atoms with Gasteiger partial charge >= 0.3 is 0 Å². The molecule has 1 N–H and O–H groups in total. The average molecular weight is 471 g/mol. The van der Waals surface area contributed by atoms with Crippen molar-refractivity contribution >= 4 is 29.2 Å². The maximum Gasteiger partial charge on any atom is 0.251 e. The van der Waals surface area contributed by atoms with Crippen molar-refractivity contribution in [3.05, 3.63) is 112 Å². The molecule has 1 amide bonds. The Kier molecular flexibility index (Phi) is 6.10. The Morgan fingerprint density at radius 2 is 1.74 bits per heavy atom. The predicted molar refractivity (Wildman–Crippen MR) is 132 cm³/mol. The number of benzene rings is 3. The van der Waals surface area contributed by atoms with Crippen molar-refractivity contribution in [2.75, 3.05) is 11.4 Å². The summed E-state index contributed by atoms with van der Waals surface area (Å²) in [6.07, 6.45) is 2.08. The van der Waals surface area contributed by atoms with E-state index in [4.69, 9.17) is 11.6 Å². The van der Waals surface area contributed by atoms with E-state index >= 15 is 0 Å². The molecule has 0 saturated carbocycles. The van der Waals surface area contributed by atoms with Crippen LogP contribution in [0.25, 0.3) is 5.70 Å². The predicted octanol–water partition coefficient (Wildman–Crippen LogP) is 4.40. The van der Waals surface area contributed by atoms with Gasteiger partial charge in [-0.05, 0) is 57.8 Å². The van der Waals surface area contributed by atoms with Crippen LogP contribution in [0.3, 0.4) is 0 Å². The summed E-state index contributed by atoms with van der Waals surface area (Å²) < 4.78 is 1.73. The second-order valence-electron chi connectivity index (χ2n) is 8.13.